The maximum atomic E-state index is 12.0. The van der Waals surface area contributed by atoms with E-state index in [0.29, 0.717) is 18.6 Å². The zero-order chi connectivity index (χ0) is 15.0. The number of ether oxygens (including phenoxy) is 1. The summed E-state index contributed by atoms with van der Waals surface area (Å²) >= 11 is 0. The summed E-state index contributed by atoms with van der Waals surface area (Å²) in [6, 6.07) is 6.09. The molecule has 2 N–H and O–H groups in total. The van der Waals surface area contributed by atoms with Crippen molar-refractivity contribution in [2.24, 2.45) is 0 Å². The van der Waals surface area contributed by atoms with Crippen LogP contribution in [0.25, 0.3) is 0 Å². The SMILES string of the molecule is CCCCC(NC(=O)c1ccc(COC)cc1)C(=O)O. The minimum atomic E-state index is -0.997. The van der Waals surface area contributed by atoms with Crippen LogP contribution in [0.3, 0.4) is 0 Å². The summed E-state index contributed by atoms with van der Waals surface area (Å²) in [7, 11) is 1.60. The van der Waals surface area contributed by atoms with E-state index in [1.165, 1.54) is 0 Å². The minimum Gasteiger partial charge on any atom is -0.480 e. The van der Waals surface area contributed by atoms with E-state index in [9.17, 15) is 9.59 Å². The molecule has 0 bridgehead atoms. The Labute approximate surface area is 118 Å². The Hall–Kier alpha value is -1.88. The van der Waals surface area contributed by atoms with Gasteiger partial charge in [-0.3, -0.25) is 4.79 Å². The van der Waals surface area contributed by atoms with Gasteiger partial charge in [0, 0.05) is 12.7 Å². The quantitative estimate of drug-likeness (QED) is 0.765. The number of carboxylic acids is 1. The number of unbranched alkanes of at least 4 members (excludes halogenated alkanes) is 1. The molecule has 5 heteroatoms. The standard InChI is InChI=1S/C15H21NO4/c1-3-4-5-13(15(18)19)16-14(17)12-8-6-11(7-9-12)10-20-2/h6-9,13H,3-5,10H2,1-2H3,(H,16,17)(H,18,19). The van der Waals surface area contributed by atoms with Gasteiger partial charge in [0.2, 0.25) is 0 Å². The van der Waals surface area contributed by atoms with Crippen molar-refractivity contribution in [1.82, 2.24) is 5.32 Å². The highest BCUT2D eigenvalue weighted by Crippen LogP contribution is 2.07. The molecule has 0 aliphatic carbocycles. The lowest BCUT2D eigenvalue weighted by Gasteiger charge is -2.14. The number of amides is 1. The van der Waals surface area contributed by atoms with E-state index >= 15 is 0 Å². The third kappa shape index (κ3) is 5.01. The molecule has 1 unspecified atom stereocenters. The molecule has 1 rings (SSSR count). The molecular weight excluding hydrogens is 258 g/mol. The summed E-state index contributed by atoms with van der Waals surface area (Å²) in [6.07, 6.45) is 2.11. The Balaban J connectivity index is 2.65. The van der Waals surface area contributed by atoms with Crippen LogP contribution >= 0.6 is 0 Å². The van der Waals surface area contributed by atoms with Gasteiger partial charge in [-0.15, -0.1) is 0 Å². The van der Waals surface area contributed by atoms with Crippen LogP contribution in [0.2, 0.25) is 0 Å². The Morgan fingerprint density at radius 1 is 1.30 bits per heavy atom. The molecule has 0 aromatic heterocycles. The van der Waals surface area contributed by atoms with E-state index < -0.39 is 12.0 Å². The monoisotopic (exact) mass is 279 g/mol. The maximum Gasteiger partial charge on any atom is 0.326 e. The van der Waals surface area contributed by atoms with Gasteiger partial charge in [0.15, 0.2) is 0 Å². The van der Waals surface area contributed by atoms with Gasteiger partial charge >= 0.3 is 5.97 Å². The van der Waals surface area contributed by atoms with Gasteiger partial charge in [-0.25, -0.2) is 4.79 Å². The number of nitrogens with one attached hydrogen (secondary N) is 1. The van der Waals surface area contributed by atoms with E-state index in [1.807, 2.05) is 6.92 Å². The Kier molecular flexibility index (Phi) is 6.73. The average Bonchev–Trinajstić information content (AvgIpc) is 2.44. The number of aliphatic carboxylic acids is 1. The van der Waals surface area contributed by atoms with E-state index in [1.54, 1.807) is 31.4 Å². The molecule has 0 aliphatic heterocycles. The van der Waals surface area contributed by atoms with Gasteiger partial charge < -0.3 is 15.2 Å². The number of carbonyl (C=O) groups is 2. The van der Waals surface area contributed by atoms with Crippen molar-refractivity contribution >= 4 is 11.9 Å². The lowest BCUT2D eigenvalue weighted by molar-refractivity contribution is -0.139. The highest BCUT2D eigenvalue weighted by atomic mass is 16.5. The van der Waals surface area contributed by atoms with Crippen LogP contribution in [-0.2, 0) is 16.1 Å². The van der Waals surface area contributed by atoms with Crippen molar-refractivity contribution in [3.05, 3.63) is 35.4 Å². The number of methoxy groups -OCH3 is 1. The first kappa shape index (κ1) is 16.2. The van der Waals surface area contributed by atoms with Crippen LogP contribution in [-0.4, -0.2) is 30.1 Å². The van der Waals surface area contributed by atoms with E-state index in [2.05, 4.69) is 5.32 Å². The van der Waals surface area contributed by atoms with Crippen LogP contribution < -0.4 is 5.32 Å². The summed E-state index contributed by atoms with van der Waals surface area (Å²) in [5, 5.41) is 11.6. The highest BCUT2D eigenvalue weighted by Gasteiger charge is 2.19. The Morgan fingerprint density at radius 2 is 1.95 bits per heavy atom. The number of hydrogen-bond donors (Lipinski definition) is 2. The van der Waals surface area contributed by atoms with Crippen molar-refractivity contribution in [1.29, 1.82) is 0 Å². The molecule has 20 heavy (non-hydrogen) atoms. The second-order valence-electron chi connectivity index (χ2n) is 4.64. The molecule has 0 heterocycles. The maximum absolute atomic E-state index is 12.0. The second-order valence-corrected chi connectivity index (χ2v) is 4.64. The van der Waals surface area contributed by atoms with Gasteiger partial charge in [-0.05, 0) is 24.1 Å². The fourth-order valence-electron chi connectivity index (χ4n) is 1.83. The number of benzene rings is 1. The van der Waals surface area contributed by atoms with Crippen LogP contribution in [0.4, 0.5) is 0 Å². The fraction of sp³-hybridized carbons (Fsp3) is 0.467. The summed E-state index contributed by atoms with van der Waals surface area (Å²) in [5.41, 5.74) is 1.41. The van der Waals surface area contributed by atoms with Crippen molar-refractivity contribution in [3.8, 4) is 0 Å². The van der Waals surface area contributed by atoms with Crippen LogP contribution in [0.15, 0.2) is 24.3 Å². The molecule has 0 spiro atoms. The number of hydrogen-bond acceptors (Lipinski definition) is 3. The number of rotatable bonds is 8. The molecule has 0 aliphatic rings. The van der Waals surface area contributed by atoms with E-state index in [-0.39, 0.29) is 5.91 Å². The van der Waals surface area contributed by atoms with Crippen molar-refractivity contribution < 1.29 is 19.4 Å². The van der Waals surface area contributed by atoms with E-state index in [0.717, 1.165) is 18.4 Å². The lowest BCUT2D eigenvalue weighted by atomic mass is 10.1. The summed E-state index contributed by atoms with van der Waals surface area (Å²) in [4.78, 5) is 23.1. The molecule has 1 amide bonds. The molecule has 1 aromatic carbocycles. The van der Waals surface area contributed by atoms with Crippen molar-refractivity contribution in [2.75, 3.05) is 7.11 Å². The highest BCUT2D eigenvalue weighted by molar-refractivity contribution is 5.96. The molecule has 1 aromatic rings. The van der Waals surface area contributed by atoms with Crippen LogP contribution in [0, 0.1) is 0 Å². The third-order valence-electron chi connectivity index (χ3n) is 2.98. The smallest absolute Gasteiger partial charge is 0.326 e. The van der Waals surface area contributed by atoms with E-state index in [4.69, 9.17) is 9.84 Å². The molecule has 0 fully saturated rings. The lowest BCUT2D eigenvalue weighted by Crippen LogP contribution is -2.40. The molecule has 1 atom stereocenters. The minimum absolute atomic E-state index is 0.363. The van der Waals surface area contributed by atoms with Crippen molar-refractivity contribution in [3.63, 3.8) is 0 Å². The largest absolute Gasteiger partial charge is 0.480 e. The Bertz CT molecular complexity index is 442. The first-order valence-electron chi connectivity index (χ1n) is 6.70. The fourth-order valence-corrected chi connectivity index (χ4v) is 1.83. The number of carbonyl (C=O) groups excluding carboxylic acids is 1. The molecule has 0 saturated heterocycles. The molecule has 0 radical (unpaired) electrons. The summed E-state index contributed by atoms with van der Waals surface area (Å²) in [6.45, 7) is 2.46. The molecule has 110 valence electrons. The first-order chi connectivity index (χ1) is 9.58. The third-order valence-corrected chi connectivity index (χ3v) is 2.98. The zero-order valence-corrected chi connectivity index (χ0v) is 11.9. The van der Waals surface area contributed by atoms with Gasteiger partial charge in [0.25, 0.3) is 5.91 Å². The van der Waals surface area contributed by atoms with Gasteiger partial charge in [-0.1, -0.05) is 31.9 Å². The van der Waals surface area contributed by atoms with Gasteiger partial charge in [0.1, 0.15) is 6.04 Å². The predicted molar refractivity (Wildman–Crippen MR) is 75.6 cm³/mol. The molecule has 0 saturated carbocycles. The molecular formula is C15H21NO4. The zero-order valence-electron chi connectivity index (χ0n) is 11.9. The molecule has 5 nitrogen and oxygen atoms in total. The summed E-state index contributed by atoms with van der Waals surface area (Å²) in [5.74, 6) is -1.36. The van der Waals surface area contributed by atoms with Crippen molar-refractivity contribution in [2.45, 2.75) is 38.8 Å². The second kappa shape index (κ2) is 8.32. The topological polar surface area (TPSA) is 75.6 Å². The van der Waals surface area contributed by atoms with Gasteiger partial charge in [-0.2, -0.15) is 0 Å². The van der Waals surface area contributed by atoms with Crippen LogP contribution in [0.5, 0.6) is 0 Å². The summed E-state index contributed by atoms with van der Waals surface area (Å²) < 4.78 is 4.99. The number of carboxylic acid groups (broad SMARTS) is 1. The normalized spacial score (nSPS) is 11.9. The van der Waals surface area contributed by atoms with Gasteiger partial charge in [0.05, 0.1) is 6.61 Å². The van der Waals surface area contributed by atoms with Crippen LogP contribution in [0.1, 0.15) is 42.1 Å². The predicted octanol–water partition coefficient (Wildman–Crippen LogP) is 2.21. The first-order valence-corrected chi connectivity index (χ1v) is 6.70. The average molecular weight is 279 g/mol. The Morgan fingerprint density at radius 3 is 2.45 bits per heavy atom.